The second-order valence-electron chi connectivity index (χ2n) is 6.80. The van der Waals surface area contributed by atoms with E-state index in [1.165, 1.54) is 17.7 Å². The third-order valence-corrected chi connectivity index (χ3v) is 6.83. The van der Waals surface area contributed by atoms with Gasteiger partial charge in [0.15, 0.2) is 5.78 Å². The van der Waals surface area contributed by atoms with Gasteiger partial charge < -0.3 is 10.4 Å². The molecule has 2 heterocycles. The number of carbonyl (C=O) groups excluding carboxylic acids is 2. The first-order valence-electron chi connectivity index (χ1n) is 8.86. The van der Waals surface area contributed by atoms with Crippen LogP contribution in [0.3, 0.4) is 0 Å². The predicted octanol–water partition coefficient (Wildman–Crippen LogP) is 1.72. The molecule has 2 fully saturated rings. The summed E-state index contributed by atoms with van der Waals surface area (Å²) < 4.78 is 0. The number of aliphatic hydroxyl groups is 1. The van der Waals surface area contributed by atoms with Gasteiger partial charge in [0.25, 0.3) is 0 Å². The fourth-order valence-corrected chi connectivity index (χ4v) is 4.60. The molecule has 0 bridgehead atoms. The van der Waals surface area contributed by atoms with E-state index >= 15 is 0 Å². The monoisotopic (exact) mass is 435 g/mol. The summed E-state index contributed by atoms with van der Waals surface area (Å²) in [5, 5.41) is 10.3. The first-order chi connectivity index (χ1) is 12.0. The number of nitrogens with zero attached hydrogens (tertiary/aromatic N) is 2. The van der Waals surface area contributed by atoms with Gasteiger partial charge in [0, 0.05) is 29.8 Å². The molecular formula is C17H27BrClN3O3. The maximum absolute atomic E-state index is 12.6. The van der Waals surface area contributed by atoms with E-state index in [1.54, 1.807) is 6.34 Å². The Morgan fingerprint density at radius 1 is 1.44 bits per heavy atom. The summed E-state index contributed by atoms with van der Waals surface area (Å²) >= 11 is 9.84. The average Bonchev–Trinajstić information content (AvgIpc) is 2.62. The van der Waals surface area contributed by atoms with E-state index in [0.29, 0.717) is 12.8 Å². The number of amides is 1. The number of alkyl halides is 2. The van der Waals surface area contributed by atoms with Crippen molar-refractivity contribution in [1.29, 1.82) is 0 Å². The van der Waals surface area contributed by atoms with Crippen LogP contribution < -0.4 is 5.32 Å². The molecule has 1 saturated heterocycles. The molecule has 0 spiro atoms. The Labute approximate surface area is 162 Å². The van der Waals surface area contributed by atoms with Crippen molar-refractivity contribution >= 4 is 45.6 Å². The van der Waals surface area contributed by atoms with E-state index in [0.717, 1.165) is 26.5 Å². The van der Waals surface area contributed by atoms with Crippen molar-refractivity contribution < 1.29 is 14.7 Å². The lowest BCUT2D eigenvalue weighted by atomic mass is 9.82. The smallest absolute Gasteiger partial charge is 0.233 e. The van der Waals surface area contributed by atoms with Crippen molar-refractivity contribution in [2.45, 2.75) is 60.8 Å². The van der Waals surface area contributed by atoms with E-state index < -0.39 is 0 Å². The van der Waals surface area contributed by atoms with Gasteiger partial charge in [0.05, 0.1) is 24.8 Å². The molecule has 0 aromatic rings. The normalized spacial score (nSPS) is 34.8. The summed E-state index contributed by atoms with van der Waals surface area (Å²) in [5.74, 6) is -0.0869. The van der Waals surface area contributed by atoms with Crippen molar-refractivity contribution in [1.82, 2.24) is 10.2 Å². The SMILES string of the molecule is CO.O=C(CC1CCCCN1)CN1C=NC2CC(Br)C(Cl)CC2C1=O. The molecule has 2 N–H and O–H groups in total. The maximum Gasteiger partial charge on any atom is 0.233 e. The molecule has 25 heavy (non-hydrogen) atoms. The summed E-state index contributed by atoms with van der Waals surface area (Å²) in [6, 6.07) is 0.255. The second-order valence-corrected chi connectivity index (χ2v) is 8.53. The number of aliphatic hydroxyl groups excluding tert-OH is 1. The van der Waals surface area contributed by atoms with Crippen molar-refractivity contribution in [3.05, 3.63) is 0 Å². The van der Waals surface area contributed by atoms with Crippen LogP contribution in [-0.2, 0) is 9.59 Å². The van der Waals surface area contributed by atoms with E-state index in [2.05, 4.69) is 26.2 Å². The van der Waals surface area contributed by atoms with Crippen molar-refractivity contribution in [2.75, 3.05) is 20.2 Å². The van der Waals surface area contributed by atoms with E-state index in [-0.39, 0.29) is 46.4 Å². The number of hydrogen-bond acceptors (Lipinski definition) is 5. The number of rotatable bonds is 4. The van der Waals surface area contributed by atoms with Gasteiger partial charge in [-0.2, -0.15) is 0 Å². The zero-order valence-corrected chi connectivity index (χ0v) is 16.9. The van der Waals surface area contributed by atoms with Crippen LogP contribution in [0, 0.1) is 5.92 Å². The number of aliphatic imine (C=N–C) groups is 1. The number of halogens is 2. The molecule has 3 aliphatic rings. The topological polar surface area (TPSA) is 82.0 Å². The fraction of sp³-hybridized carbons (Fsp3) is 0.824. The molecule has 1 saturated carbocycles. The molecule has 3 rings (SSSR count). The number of carbonyl (C=O) groups is 2. The Kier molecular flexibility index (Phi) is 8.32. The number of Topliss-reactive ketones (excluding diaryl/α,β-unsaturated/α-hetero) is 1. The van der Waals surface area contributed by atoms with Crippen molar-refractivity contribution in [3.8, 4) is 0 Å². The number of ketones is 1. The van der Waals surface area contributed by atoms with Crippen LogP contribution in [0.5, 0.6) is 0 Å². The summed E-state index contributed by atoms with van der Waals surface area (Å²) in [5.41, 5.74) is 0. The van der Waals surface area contributed by atoms with Gasteiger partial charge in [-0.15, -0.1) is 11.6 Å². The third kappa shape index (κ3) is 5.49. The zero-order chi connectivity index (χ0) is 18.4. The number of piperidine rings is 1. The van der Waals surface area contributed by atoms with Crippen molar-refractivity contribution in [2.24, 2.45) is 10.9 Å². The standard InChI is InChI=1S/C16H23BrClN3O2.CH4O/c17-13-7-15-12(6-14(13)18)16(23)21(9-20-15)8-11(22)5-10-3-1-2-4-19-10;1-2/h9-10,12-15,19H,1-8H2;2H,1H3. The van der Waals surface area contributed by atoms with Gasteiger partial charge in [-0.05, 0) is 32.2 Å². The van der Waals surface area contributed by atoms with Gasteiger partial charge in [0.2, 0.25) is 5.91 Å². The molecule has 5 atom stereocenters. The Morgan fingerprint density at radius 2 is 2.20 bits per heavy atom. The van der Waals surface area contributed by atoms with Crippen LogP contribution in [0.2, 0.25) is 0 Å². The molecule has 1 aliphatic carbocycles. The van der Waals surface area contributed by atoms with Gasteiger partial charge in [0.1, 0.15) is 0 Å². The summed E-state index contributed by atoms with van der Waals surface area (Å²) in [7, 11) is 1.00. The molecule has 8 heteroatoms. The minimum Gasteiger partial charge on any atom is -0.400 e. The van der Waals surface area contributed by atoms with Crippen LogP contribution in [0.25, 0.3) is 0 Å². The Hall–Kier alpha value is -0.500. The lowest BCUT2D eigenvalue weighted by Gasteiger charge is -2.38. The molecule has 6 nitrogen and oxygen atoms in total. The van der Waals surface area contributed by atoms with E-state index in [1.807, 2.05) is 0 Å². The highest BCUT2D eigenvalue weighted by Crippen LogP contribution is 2.36. The van der Waals surface area contributed by atoms with Gasteiger partial charge in [-0.25, -0.2) is 0 Å². The molecule has 0 aromatic heterocycles. The second kappa shape index (κ2) is 10.00. The number of hydrogen-bond donors (Lipinski definition) is 2. The van der Waals surface area contributed by atoms with Crippen LogP contribution >= 0.6 is 27.5 Å². The lowest BCUT2D eigenvalue weighted by molar-refractivity contribution is -0.136. The Bertz CT molecular complexity index is 500. The molecule has 142 valence electrons. The quantitative estimate of drug-likeness (QED) is 0.657. The highest BCUT2D eigenvalue weighted by atomic mass is 79.9. The highest BCUT2D eigenvalue weighted by Gasteiger charge is 2.42. The van der Waals surface area contributed by atoms with Crippen LogP contribution in [0.15, 0.2) is 4.99 Å². The average molecular weight is 437 g/mol. The molecule has 1 amide bonds. The largest absolute Gasteiger partial charge is 0.400 e. The summed E-state index contributed by atoms with van der Waals surface area (Å²) in [6.07, 6.45) is 6.83. The maximum atomic E-state index is 12.6. The summed E-state index contributed by atoms with van der Waals surface area (Å²) in [4.78, 5) is 31.1. The van der Waals surface area contributed by atoms with Crippen LogP contribution in [0.1, 0.15) is 38.5 Å². The lowest BCUT2D eigenvalue weighted by Crippen LogP contribution is -2.51. The Morgan fingerprint density at radius 3 is 2.88 bits per heavy atom. The molecule has 0 aromatic carbocycles. The fourth-order valence-electron chi connectivity index (χ4n) is 3.70. The van der Waals surface area contributed by atoms with E-state index in [9.17, 15) is 9.59 Å². The molecule has 2 aliphatic heterocycles. The van der Waals surface area contributed by atoms with Crippen LogP contribution in [-0.4, -0.2) is 70.5 Å². The number of fused-ring (bicyclic) bond motifs is 1. The predicted molar refractivity (Wildman–Crippen MR) is 102 cm³/mol. The number of nitrogens with one attached hydrogen (secondary N) is 1. The first kappa shape index (κ1) is 20.8. The minimum absolute atomic E-state index is 0.00000310. The Balaban J connectivity index is 0.00000109. The van der Waals surface area contributed by atoms with Gasteiger partial charge in [-0.1, -0.05) is 22.4 Å². The zero-order valence-electron chi connectivity index (χ0n) is 14.5. The summed E-state index contributed by atoms with van der Waals surface area (Å²) in [6.45, 7) is 1.12. The third-order valence-electron chi connectivity index (χ3n) is 5.03. The van der Waals surface area contributed by atoms with Gasteiger partial charge >= 0.3 is 0 Å². The van der Waals surface area contributed by atoms with Gasteiger partial charge in [-0.3, -0.25) is 19.5 Å². The highest BCUT2D eigenvalue weighted by molar-refractivity contribution is 9.09. The minimum atomic E-state index is -0.183. The van der Waals surface area contributed by atoms with Crippen molar-refractivity contribution in [3.63, 3.8) is 0 Å². The first-order valence-corrected chi connectivity index (χ1v) is 10.2. The van der Waals surface area contributed by atoms with E-state index in [4.69, 9.17) is 16.7 Å². The van der Waals surface area contributed by atoms with Crippen LogP contribution in [0.4, 0.5) is 0 Å². The molecule has 0 radical (unpaired) electrons. The molecular weight excluding hydrogens is 410 g/mol. The molecule has 5 unspecified atom stereocenters.